The van der Waals surface area contributed by atoms with Gasteiger partial charge in [0.25, 0.3) is 0 Å². The number of benzene rings is 1. The fourth-order valence-electron chi connectivity index (χ4n) is 2.21. The van der Waals surface area contributed by atoms with Crippen LogP contribution < -0.4 is 5.73 Å². The van der Waals surface area contributed by atoms with Gasteiger partial charge in [0, 0.05) is 12.1 Å². The Balaban J connectivity index is 2.35. The summed E-state index contributed by atoms with van der Waals surface area (Å²) in [6, 6.07) is 7.06. The number of rotatable bonds is 1. The number of hydrogen-bond acceptors (Lipinski definition) is 4. The Kier molecular flexibility index (Phi) is 2.69. The third-order valence-corrected chi connectivity index (χ3v) is 3.10. The summed E-state index contributed by atoms with van der Waals surface area (Å²) in [4.78, 5) is 11.8. The van der Waals surface area contributed by atoms with Crippen molar-refractivity contribution in [3.8, 4) is 0 Å². The molecule has 1 fully saturated rings. The van der Waals surface area contributed by atoms with Crippen molar-refractivity contribution in [3.63, 3.8) is 0 Å². The minimum atomic E-state index is -2.19. The monoisotopic (exact) mass is 221 g/mol. The molecule has 0 heterocycles. The molecule has 0 amide bonds. The lowest BCUT2D eigenvalue weighted by molar-refractivity contribution is -0.192. The van der Waals surface area contributed by atoms with Crippen LogP contribution in [0.4, 0.5) is 5.69 Å². The SMILES string of the molecule is Nc1ccccc1[C@H]1CCCC(O)(O)C1=O. The van der Waals surface area contributed by atoms with E-state index in [0.717, 1.165) is 0 Å². The van der Waals surface area contributed by atoms with Gasteiger partial charge in [0.2, 0.25) is 5.79 Å². The van der Waals surface area contributed by atoms with Crippen LogP contribution >= 0.6 is 0 Å². The maximum atomic E-state index is 11.8. The lowest BCUT2D eigenvalue weighted by Gasteiger charge is -2.31. The van der Waals surface area contributed by atoms with Crippen molar-refractivity contribution in [3.05, 3.63) is 29.8 Å². The van der Waals surface area contributed by atoms with Crippen molar-refractivity contribution in [1.29, 1.82) is 0 Å². The van der Waals surface area contributed by atoms with E-state index >= 15 is 0 Å². The van der Waals surface area contributed by atoms with E-state index in [1.165, 1.54) is 0 Å². The molecule has 1 aliphatic carbocycles. The fourth-order valence-corrected chi connectivity index (χ4v) is 2.21. The molecule has 1 aromatic carbocycles. The van der Waals surface area contributed by atoms with E-state index in [1.54, 1.807) is 24.3 Å². The summed E-state index contributed by atoms with van der Waals surface area (Å²) in [5.74, 6) is -3.23. The van der Waals surface area contributed by atoms with E-state index < -0.39 is 17.5 Å². The highest BCUT2D eigenvalue weighted by Gasteiger charge is 2.42. The molecule has 1 aliphatic rings. The van der Waals surface area contributed by atoms with Gasteiger partial charge in [0.1, 0.15) is 0 Å². The van der Waals surface area contributed by atoms with Gasteiger partial charge in [-0.3, -0.25) is 4.79 Å². The fraction of sp³-hybridized carbons (Fsp3) is 0.417. The quantitative estimate of drug-likeness (QED) is 0.483. The smallest absolute Gasteiger partial charge is 0.224 e. The molecule has 0 aromatic heterocycles. The number of Topliss-reactive ketones (excluding diaryl/α,β-unsaturated/α-hetero) is 1. The number of nitrogen functional groups attached to an aromatic ring is 1. The van der Waals surface area contributed by atoms with Gasteiger partial charge < -0.3 is 15.9 Å². The summed E-state index contributed by atoms with van der Waals surface area (Å²) in [6.45, 7) is 0. The first-order chi connectivity index (χ1) is 7.52. The summed E-state index contributed by atoms with van der Waals surface area (Å²) in [5.41, 5.74) is 7.01. The predicted octanol–water partition coefficient (Wildman–Crippen LogP) is 0.786. The number of anilines is 1. The number of para-hydroxylation sites is 1. The first-order valence-electron chi connectivity index (χ1n) is 5.36. The zero-order valence-electron chi connectivity index (χ0n) is 8.89. The zero-order chi connectivity index (χ0) is 11.8. The normalized spacial score (nSPS) is 24.4. The molecule has 0 aliphatic heterocycles. The Morgan fingerprint density at radius 1 is 1.31 bits per heavy atom. The Labute approximate surface area is 93.7 Å². The van der Waals surface area contributed by atoms with Crippen LogP contribution in [0.15, 0.2) is 24.3 Å². The Morgan fingerprint density at radius 3 is 2.69 bits per heavy atom. The van der Waals surface area contributed by atoms with Crippen molar-refractivity contribution in [1.82, 2.24) is 0 Å². The maximum Gasteiger partial charge on any atom is 0.224 e. The van der Waals surface area contributed by atoms with E-state index in [1.807, 2.05) is 0 Å². The molecule has 4 nitrogen and oxygen atoms in total. The standard InChI is InChI=1S/C12H15NO3/c13-10-6-2-1-4-8(10)9-5-3-7-12(15,16)11(9)14/h1-2,4,6,9,15-16H,3,5,7,13H2/t9-/m1/s1. The Bertz CT molecular complexity index is 414. The lowest BCUT2D eigenvalue weighted by Crippen LogP contribution is -2.44. The van der Waals surface area contributed by atoms with Gasteiger partial charge in [0.15, 0.2) is 5.78 Å². The van der Waals surface area contributed by atoms with Gasteiger partial charge in [-0.15, -0.1) is 0 Å². The van der Waals surface area contributed by atoms with Crippen LogP contribution in [0.25, 0.3) is 0 Å². The molecular weight excluding hydrogens is 206 g/mol. The van der Waals surface area contributed by atoms with Crippen LogP contribution in [0.3, 0.4) is 0 Å². The minimum Gasteiger partial charge on any atom is -0.398 e. The predicted molar refractivity (Wildman–Crippen MR) is 59.6 cm³/mol. The molecular formula is C12H15NO3. The molecule has 0 bridgehead atoms. The summed E-state index contributed by atoms with van der Waals surface area (Å²) in [7, 11) is 0. The van der Waals surface area contributed by atoms with Gasteiger partial charge in [-0.2, -0.15) is 0 Å². The number of carbonyl (C=O) groups is 1. The molecule has 0 unspecified atom stereocenters. The second-order valence-corrected chi connectivity index (χ2v) is 4.25. The molecule has 86 valence electrons. The summed E-state index contributed by atoms with van der Waals surface area (Å²) in [5, 5.41) is 19.1. The highest BCUT2D eigenvalue weighted by atomic mass is 16.5. The highest BCUT2D eigenvalue weighted by Crippen LogP contribution is 2.36. The molecule has 0 radical (unpaired) electrons. The van der Waals surface area contributed by atoms with E-state index in [4.69, 9.17) is 5.73 Å². The van der Waals surface area contributed by atoms with Crippen molar-refractivity contribution >= 4 is 11.5 Å². The van der Waals surface area contributed by atoms with Gasteiger partial charge >= 0.3 is 0 Å². The molecule has 1 aromatic rings. The van der Waals surface area contributed by atoms with Gasteiger partial charge in [-0.05, 0) is 24.5 Å². The highest BCUT2D eigenvalue weighted by molar-refractivity contribution is 5.93. The van der Waals surface area contributed by atoms with Crippen molar-refractivity contribution in [2.24, 2.45) is 0 Å². The molecule has 2 rings (SSSR count). The molecule has 0 spiro atoms. The van der Waals surface area contributed by atoms with Crippen molar-refractivity contribution in [2.45, 2.75) is 31.0 Å². The average molecular weight is 221 g/mol. The van der Waals surface area contributed by atoms with Gasteiger partial charge in [0.05, 0.1) is 5.92 Å². The zero-order valence-corrected chi connectivity index (χ0v) is 8.89. The van der Waals surface area contributed by atoms with Crippen LogP contribution in [0, 0.1) is 0 Å². The number of carbonyl (C=O) groups excluding carboxylic acids is 1. The van der Waals surface area contributed by atoms with Gasteiger partial charge in [-0.25, -0.2) is 0 Å². The van der Waals surface area contributed by atoms with E-state index in [-0.39, 0.29) is 6.42 Å². The molecule has 1 saturated carbocycles. The van der Waals surface area contributed by atoms with Crippen LogP contribution in [0.1, 0.15) is 30.7 Å². The molecule has 4 N–H and O–H groups in total. The van der Waals surface area contributed by atoms with E-state index in [2.05, 4.69) is 0 Å². The summed E-state index contributed by atoms with van der Waals surface area (Å²) in [6.07, 6.45) is 1.34. The van der Waals surface area contributed by atoms with Crippen LogP contribution in [-0.2, 0) is 4.79 Å². The van der Waals surface area contributed by atoms with Crippen LogP contribution in [0.2, 0.25) is 0 Å². The van der Waals surface area contributed by atoms with Crippen molar-refractivity contribution < 1.29 is 15.0 Å². The molecule has 4 heteroatoms. The number of nitrogens with two attached hydrogens (primary N) is 1. The first-order valence-corrected chi connectivity index (χ1v) is 5.36. The number of ketones is 1. The lowest BCUT2D eigenvalue weighted by atomic mass is 9.79. The van der Waals surface area contributed by atoms with E-state index in [0.29, 0.717) is 24.1 Å². The molecule has 16 heavy (non-hydrogen) atoms. The third kappa shape index (κ3) is 1.81. The Morgan fingerprint density at radius 2 is 2.00 bits per heavy atom. The first kappa shape index (κ1) is 11.1. The second kappa shape index (κ2) is 3.88. The molecule has 1 atom stereocenters. The van der Waals surface area contributed by atoms with Crippen molar-refractivity contribution in [2.75, 3.05) is 5.73 Å². The minimum absolute atomic E-state index is 0.106. The number of hydrogen-bond donors (Lipinski definition) is 3. The van der Waals surface area contributed by atoms with E-state index in [9.17, 15) is 15.0 Å². The summed E-state index contributed by atoms with van der Waals surface area (Å²) >= 11 is 0. The van der Waals surface area contributed by atoms with Crippen LogP contribution in [0.5, 0.6) is 0 Å². The maximum absolute atomic E-state index is 11.8. The van der Waals surface area contributed by atoms with Gasteiger partial charge in [-0.1, -0.05) is 18.2 Å². The number of aliphatic hydroxyl groups is 2. The largest absolute Gasteiger partial charge is 0.398 e. The third-order valence-electron chi connectivity index (χ3n) is 3.10. The molecule has 0 saturated heterocycles. The Hall–Kier alpha value is -1.39. The second-order valence-electron chi connectivity index (χ2n) is 4.25. The van der Waals surface area contributed by atoms with Crippen LogP contribution in [-0.4, -0.2) is 21.8 Å². The topological polar surface area (TPSA) is 83.6 Å². The summed E-state index contributed by atoms with van der Waals surface area (Å²) < 4.78 is 0. The average Bonchev–Trinajstić information content (AvgIpc) is 2.23.